The van der Waals surface area contributed by atoms with E-state index in [1.54, 1.807) is 50.2 Å². The highest BCUT2D eigenvalue weighted by molar-refractivity contribution is 9.10. The summed E-state index contributed by atoms with van der Waals surface area (Å²) in [7, 11) is -4.18. The zero-order chi connectivity index (χ0) is 30.0. The Labute approximate surface area is 251 Å². The van der Waals surface area contributed by atoms with Crippen LogP contribution >= 0.6 is 15.9 Å². The van der Waals surface area contributed by atoms with Gasteiger partial charge in [0.25, 0.3) is 10.0 Å². The van der Waals surface area contributed by atoms with Crippen LogP contribution in [0.15, 0.2) is 82.2 Å². The first kappa shape index (κ1) is 32.1. The number of hydrogen-bond acceptors (Lipinski definition) is 5. The van der Waals surface area contributed by atoms with E-state index >= 15 is 0 Å². The maximum Gasteiger partial charge on any atom is 0.264 e. The summed E-state index contributed by atoms with van der Waals surface area (Å²) in [5.74, 6) is -0.483. The van der Waals surface area contributed by atoms with Gasteiger partial charge < -0.3 is 15.0 Å². The highest BCUT2D eigenvalue weighted by atomic mass is 79.9. The molecule has 0 bridgehead atoms. The molecule has 3 aromatic carbocycles. The van der Waals surface area contributed by atoms with Crippen molar-refractivity contribution in [2.75, 3.05) is 24.0 Å². The molecule has 0 heterocycles. The zero-order valence-electron chi connectivity index (χ0n) is 24.0. The van der Waals surface area contributed by atoms with Gasteiger partial charge in [-0.2, -0.15) is 0 Å². The average Bonchev–Trinajstić information content (AvgIpc) is 2.96. The molecule has 0 saturated carbocycles. The first-order valence-electron chi connectivity index (χ1n) is 13.7. The van der Waals surface area contributed by atoms with E-state index in [4.69, 9.17) is 4.74 Å². The van der Waals surface area contributed by atoms with E-state index in [0.29, 0.717) is 18.9 Å². The number of para-hydroxylation sites is 2. The van der Waals surface area contributed by atoms with Crippen LogP contribution in [0.4, 0.5) is 5.69 Å². The van der Waals surface area contributed by atoms with E-state index < -0.39 is 28.5 Å². The molecule has 3 aromatic rings. The fourth-order valence-electron chi connectivity index (χ4n) is 4.20. The van der Waals surface area contributed by atoms with Gasteiger partial charge in [-0.25, -0.2) is 8.42 Å². The van der Waals surface area contributed by atoms with Crippen molar-refractivity contribution < 1.29 is 22.7 Å². The van der Waals surface area contributed by atoms with Gasteiger partial charge in [-0.15, -0.1) is 0 Å². The molecule has 0 spiro atoms. The molecule has 10 heteroatoms. The second-order valence-electron chi connectivity index (χ2n) is 9.69. The Morgan fingerprint density at radius 1 is 0.976 bits per heavy atom. The van der Waals surface area contributed by atoms with Crippen molar-refractivity contribution in [3.8, 4) is 5.75 Å². The Bertz CT molecular complexity index is 1410. The molecular formula is C31H38BrN3O5S. The van der Waals surface area contributed by atoms with Crippen molar-refractivity contribution >= 4 is 43.5 Å². The van der Waals surface area contributed by atoms with Gasteiger partial charge >= 0.3 is 0 Å². The predicted molar refractivity (Wildman–Crippen MR) is 165 cm³/mol. The molecule has 1 atom stereocenters. The van der Waals surface area contributed by atoms with Crippen LogP contribution < -0.4 is 14.4 Å². The monoisotopic (exact) mass is 643 g/mol. The Morgan fingerprint density at radius 2 is 1.63 bits per heavy atom. The van der Waals surface area contributed by atoms with Crippen molar-refractivity contribution in [3.05, 3.63) is 88.4 Å². The number of benzene rings is 3. The number of aryl methyl sites for hydroxylation is 1. The van der Waals surface area contributed by atoms with Gasteiger partial charge in [-0.3, -0.25) is 13.9 Å². The lowest BCUT2D eigenvalue weighted by molar-refractivity contribution is -0.139. The third-order valence-corrected chi connectivity index (χ3v) is 8.89. The number of anilines is 1. The fourth-order valence-corrected chi connectivity index (χ4v) is 5.89. The van der Waals surface area contributed by atoms with Gasteiger partial charge in [0.05, 0.1) is 17.2 Å². The number of unbranched alkanes of at least 4 members (excludes halogenated alkanes) is 1. The van der Waals surface area contributed by atoms with Crippen LogP contribution in [0.5, 0.6) is 5.75 Å². The maximum absolute atomic E-state index is 14.1. The van der Waals surface area contributed by atoms with Crippen LogP contribution in [0.25, 0.3) is 0 Å². The number of carbonyl (C=O) groups excluding carboxylic acids is 2. The highest BCUT2D eigenvalue weighted by Gasteiger charge is 2.33. The minimum atomic E-state index is -4.18. The molecule has 3 rings (SSSR count). The summed E-state index contributed by atoms with van der Waals surface area (Å²) in [4.78, 5) is 28.6. The molecule has 2 amide bonds. The standard InChI is InChI=1S/C31H38BrN3O5S/c1-5-7-20-33-31(37)24(4)34(21-25-14-16-26(32)17-15-25)30(36)22-35(28-10-8-9-11-29(28)40-6-2)41(38,39)27-18-12-23(3)13-19-27/h8-19,24H,5-7,20-22H2,1-4H3,(H,33,37)/t24-/m0/s1. The second kappa shape index (κ2) is 15.0. The summed E-state index contributed by atoms with van der Waals surface area (Å²) < 4.78 is 35.8. The summed E-state index contributed by atoms with van der Waals surface area (Å²) >= 11 is 3.42. The molecule has 0 unspecified atom stereocenters. The number of nitrogens with zero attached hydrogens (tertiary/aromatic N) is 2. The van der Waals surface area contributed by atoms with Crippen LogP contribution in [0, 0.1) is 6.92 Å². The topological polar surface area (TPSA) is 96.0 Å². The van der Waals surface area contributed by atoms with E-state index in [1.165, 1.54) is 17.0 Å². The zero-order valence-corrected chi connectivity index (χ0v) is 26.4. The number of nitrogens with one attached hydrogen (secondary N) is 1. The normalized spacial score (nSPS) is 11.9. The van der Waals surface area contributed by atoms with Gasteiger partial charge in [0.15, 0.2) is 0 Å². The lowest BCUT2D eigenvalue weighted by Crippen LogP contribution is -2.51. The molecule has 41 heavy (non-hydrogen) atoms. The SMILES string of the molecule is CCCCNC(=O)[C@H](C)N(Cc1ccc(Br)cc1)C(=O)CN(c1ccccc1OCC)S(=O)(=O)c1ccc(C)cc1. The molecule has 1 N–H and O–H groups in total. The molecule has 0 aliphatic carbocycles. The molecule has 0 radical (unpaired) electrons. The highest BCUT2D eigenvalue weighted by Crippen LogP contribution is 2.33. The smallest absolute Gasteiger partial charge is 0.264 e. The number of rotatable bonds is 14. The lowest BCUT2D eigenvalue weighted by atomic mass is 10.1. The molecule has 0 aliphatic rings. The molecule has 0 fully saturated rings. The van der Waals surface area contributed by atoms with Crippen LogP contribution in [0.3, 0.4) is 0 Å². The van der Waals surface area contributed by atoms with Gasteiger partial charge in [0.2, 0.25) is 11.8 Å². The maximum atomic E-state index is 14.1. The fraction of sp³-hybridized carbons (Fsp3) is 0.355. The van der Waals surface area contributed by atoms with Crippen molar-refractivity contribution in [3.63, 3.8) is 0 Å². The van der Waals surface area contributed by atoms with E-state index in [1.807, 2.05) is 38.1 Å². The molecule has 8 nitrogen and oxygen atoms in total. The number of halogens is 1. The largest absolute Gasteiger partial charge is 0.492 e. The van der Waals surface area contributed by atoms with Crippen molar-refractivity contribution in [1.82, 2.24) is 10.2 Å². The van der Waals surface area contributed by atoms with Crippen LogP contribution in [-0.4, -0.2) is 50.9 Å². The number of sulfonamides is 1. The second-order valence-corrected chi connectivity index (χ2v) is 12.5. The molecular weight excluding hydrogens is 606 g/mol. The Kier molecular flexibility index (Phi) is 11.8. The number of carbonyl (C=O) groups is 2. The Morgan fingerprint density at radius 3 is 2.27 bits per heavy atom. The quantitative estimate of drug-likeness (QED) is 0.228. The minimum Gasteiger partial charge on any atom is -0.492 e. The van der Waals surface area contributed by atoms with Crippen LogP contribution in [-0.2, 0) is 26.2 Å². The van der Waals surface area contributed by atoms with Gasteiger partial charge in [-0.1, -0.05) is 71.2 Å². The Hall–Kier alpha value is -3.37. The van der Waals surface area contributed by atoms with Crippen LogP contribution in [0.2, 0.25) is 0 Å². The minimum absolute atomic E-state index is 0.0482. The third-order valence-electron chi connectivity index (χ3n) is 6.58. The third kappa shape index (κ3) is 8.56. The van der Waals surface area contributed by atoms with E-state index in [2.05, 4.69) is 21.2 Å². The van der Waals surface area contributed by atoms with Gasteiger partial charge in [0, 0.05) is 17.6 Å². The van der Waals surface area contributed by atoms with E-state index in [0.717, 1.165) is 32.7 Å². The van der Waals surface area contributed by atoms with E-state index in [9.17, 15) is 18.0 Å². The number of ether oxygens (including phenoxy) is 1. The first-order chi connectivity index (χ1) is 19.6. The summed E-state index contributed by atoms with van der Waals surface area (Å²) in [5, 5.41) is 2.89. The van der Waals surface area contributed by atoms with Gasteiger partial charge in [0.1, 0.15) is 18.3 Å². The van der Waals surface area contributed by atoms with Crippen molar-refractivity contribution in [1.29, 1.82) is 0 Å². The molecule has 220 valence electrons. The summed E-state index contributed by atoms with van der Waals surface area (Å²) in [6, 6.07) is 19.8. The molecule has 0 aliphatic heterocycles. The van der Waals surface area contributed by atoms with Crippen LogP contribution in [0.1, 0.15) is 44.7 Å². The molecule has 0 aromatic heterocycles. The Balaban J connectivity index is 2.04. The number of hydrogen-bond donors (Lipinski definition) is 1. The van der Waals surface area contributed by atoms with E-state index in [-0.39, 0.29) is 23.0 Å². The van der Waals surface area contributed by atoms with Gasteiger partial charge in [-0.05, 0) is 69.2 Å². The average molecular weight is 645 g/mol. The lowest BCUT2D eigenvalue weighted by Gasteiger charge is -2.32. The molecule has 0 saturated heterocycles. The van der Waals surface area contributed by atoms with Crippen molar-refractivity contribution in [2.24, 2.45) is 0 Å². The summed E-state index contributed by atoms with van der Waals surface area (Å²) in [5.41, 5.74) is 1.95. The summed E-state index contributed by atoms with van der Waals surface area (Å²) in [6.07, 6.45) is 1.73. The first-order valence-corrected chi connectivity index (χ1v) is 15.9. The summed E-state index contributed by atoms with van der Waals surface area (Å²) in [6.45, 7) is 7.77. The number of amides is 2. The van der Waals surface area contributed by atoms with Crippen molar-refractivity contribution in [2.45, 2.75) is 58.0 Å². The predicted octanol–water partition coefficient (Wildman–Crippen LogP) is 5.69.